The van der Waals surface area contributed by atoms with E-state index in [1.165, 1.54) is 11.9 Å². The van der Waals surface area contributed by atoms with Crippen molar-refractivity contribution in [1.82, 2.24) is 10.2 Å². The van der Waals surface area contributed by atoms with Crippen LogP contribution in [0.3, 0.4) is 0 Å². The Kier molecular flexibility index (Phi) is 6.16. The largest absolute Gasteiger partial charge is 0.480 e. The predicted molar refractivity (Wildman–Crippen MR) is 79.4 cm³/mol. The van der Waals surface area contributed by atoms with Gasteiger partial charge >= 0.3 is 12.0 Å². The van der Waals surface area contributed by atoms with Crippen LogP contribution in [-0.2, 0) is 16.1 Å². The Morgan fingerprint density at radius 2 is 2.00 bits per heavy atom. The van der Waals surface area contributed by atoms with E-state index in [0.717, 1.165) is 10.0 Å². The van der Waals surface area contributed by atoms with E-state index in [1.54, 1.807) is 0 Å². The number of carbonyl (C=O) groups is 3. The van der Waals surface area contributed by atoms with Crippen LogP contribution in [0.5, 0.6) is 0 Å². The van der Waals surface area contributed by atoms with E-state index in [1.807, 2.05) is 24.3 Å². The molecule has 0 aliphatic heterocycles. The first kappa shape index (κ1) is 17.0. The maximum absolute atomic E-state index is 11.9. The molecule has 0 saturated carbocycles. The molecule has 1 atom stereocenters. The second kappa shape index (κ2) is 7.63. The topological polar surface area (TPSA) is 113 Å². The molecule has 21 heavy (non-hydrogen) atoms. The van der Waals surface area contributed by atoms with E-state index >= 15 is 0 Å². The second-order valence-corrected chi connectivity index (χ2v) is 5.31. The van der Waals surface area contributed by atoms with Gasteiger partial charge < -0.3 is 21.1 Å². The van der Waals surface area contributed by atoms with Crippen molar-refractivity contribution in [3.63, 3.8) is 0 Å². The van der Waals surface area contributed by atoms with Crippen LogP contribution < -0.4 is 11.1 Å². The number of amides is 3. The lowest BCUT2D eigenvalue weighted by Gasteiger charge is -2.21. The van der Waals surface area contributed by atoms with E-state index in [2.05, 4.69) is 21.2 Å². The highest BCUT2D eigenvalue weighted by Gasteiger charge is 2.23. The molecule has 4 N–H and O–H groups in total. The number of urea groups is 1. The average molecular weight is 358 g/mol. The summed E-state index contributed by atoms with van der Waals surface area (Å²) in [6.07, 6.45) is -0.454. The molecule has 0 saturated heterocycles. The van der Waals surface area contributed by atoms with Crippen molar-refractivity contribution in [2.75, 3.05) is 7.05 Å². The summed E-state index contributed by atoms with van der Waals surface area (Å²) in [5.74, 6) is -2.10. The summed E-state index contributed by atoms with van der Waals surface area (Å²) in [4.78, 5) is 35.0. The van der Waals surface area contributed by atoms with Crippen LogP contribution >= 0.6 is 15.9 Å². The Balaban J connectivity index is 2.67. The van der Waals surface area contributed by atoms with Crippen LogP contribution in [0.25, 0.3) is 0 Å². The highest BCUT2D eigenvalue weighted by atomic mass is 79.9. The first-order valence-electron chi connectivity index (χ1n) is 6.07. The Morgan fingerprint density at radius 1 is 1.38 bits per heavy atom. The fraction of sp³-hybridized carbons (Fsp3) is 0.308. The van der Waals surface area contributed by atoms with Gasteiger partial charge in [0.1, 0.15) is 6.04 Å². The van der Waals surface area contributed by atoms with Crippen molar-refractivity contribution in [3.05, 3.63) is 34.3 Å². The summed E-state index contributed by atoms with van der Waals surface area (Å²) >= 11 is 3.37. The van der Waals surface area contributed by atoms with Crippen molar-refractivity contribution in [1.29, 1.82) is 0 Å². The fourth-order valence-electron chi connectivity index (χ4n) is 1.61. The maximum atomic E-state index is 11.9. The number of carboxylic acid groups (broad SMARTS) is 1. The Hall–Kier alpha value is -2.09. The number of carboxylic acids is 1. The molecular formula is C13H16BrN3O4. The number of benzene rings is 1. The normalized spacial score (nSPS) is 11.5. The second-order valence-electron chi connectivity index (χ2n) is 4.46. The van der Waals surface area contributed by atoms with Crippen molar-refractivity contribution in [2.24, 2.45) is 5.73 Å². The quantitative estimate of drug-likeness (QED) is 0.702. The monoisotopic (exact) mass is 357 g/mol. The number of nitrogens with two attached hydrogens (primary N) is 1. The molecule has 1 rings (SSSR count). The van der Waals surface area contributed by atoms with E-state index in [-0.39, 0.29) is 6.54 Å². The third-order valence-corrected chi connectivity index (χ3v) is 3.49. The molecule has 0 bridgehead atoms. The molecule has 3 amide bonds. The molecule has 1 aromatic rings. The van der Waals surface area contributed by atoms with Crippen LogP contribution in [0.2, 0.25) is 0 Å². The summed E-state index contributed by atoms with van der Waals surface area (Å²) < 4.78 is 0.844. The fourth-order valence-corrected chi connectivity index (χ4v) is 2.02. The third-order valence-electron chi connectivity index (χ3n) is 2.71. The van der Waals surface area contributed by atoms with Crippen molar-refractivity contribution < 1.29 is 19.5 Å². The van der Waals surface area contributed by atoms with E-state index < -0.39 is 30.4 Å². The van der Waals surface area contributed by atoms with Crippen LogP contribution in [0, 0.1) is 0 Å². The lowest BCUT2D eigenvalue weighted by atomic mass is 10.2. The summed E-state index contributed by atoms with van der Waals surface area (Å²) in [7, 11) is 1.53. The zero-order valence-corrected chi connectivity index (χ0v) is 13.0. The molecule has 0 spiro atoms. The van der Waals surface area contributed by atoms with Gasteiger partial charge in [0.2, 0.25) is 5.91 Å². The SMILES string of the molecule is CN(Cc1ccccc1Br)C(=O)NC(CC(N)=O)C(=O)O. The first-order chi connectivity index (χ1) is 9.81. The number of aliphatic carboxylic acids is 1. The lowest BCUT2D eigenvalue weighted by molar-refractivity contribution is -0.140. The van der Waals surface area contributed by atoms with Crippen molar-refractivity contribution >= 4 is 33.8 Å². The molecule has 114 valence electrons. The van der Waals surface area contributed by atoms with Gasteiger partial charge in [-0.25, -0.2) is 9.59 Å². The van der Waals surface area contributed by atoms with Crippen LogP contribution in [0.15, 0.2) is 28.7 Å². The molecule has 0 fully saturated rings. The molecule has 1 aromatic carbocycles. The van der Waals surface area contributed by atoms with Gasteiger partial charge in [-0.15, -0.1) is 0 Å². The summed E-state index contributed by atoms with van der Waals surface area (Å²) in [5, 5.41) is 11.2. The minimum absolute atomic E-state index is 0.288. The smallest absolute Gasteiger partial charge is 0.326 e. The van der Waals surface area contributed by atoms with Gasteiger partial charge in [0.05, 0.1) is 6.42 Å². The number of hydrogen-bond donors (Lipinski definition) is 3. The number of rotatable bonds is 6. The number of carbonyl (C=O) groups excluding carboxylic acids is 2. The Bertz CT molecular complexity index is 550. The molecule has 1 unspecified atom stereocenters. The van der Waals surface area contributed by atoms with Crippen molar-refractivity contribution in [2.45, 2.75) is 19.0 Å². The predicted octanol–water partition coefficient (Wildman–Crippen LogP) is 0.919. The summed E-state index contributed by atoms with van der Waals surface area (Å²) in [6, 6.07) is 5.43. The molecule has 8 heteroatoms. The van der Waals surface area contributed by atoms with Gasteiger partial charge in [0.15, 0.2) is 0 Å². The standard InChI is InChI=1S/C13H16BrN3O4/c1-17(7-8-4-2-3-5-9(8)14)13(21)16-10(12(19)20)6-11(15)18/h2-5,10H,6-7H2,1H3,(H2,15,18)(H,16,21)(H,19,20). The molecule has 0 aromatic heterocycles. The molecule has 0 aliphatic carbocycles. The molecule has 0 radical (unpaired) electrons. The van der Waals surface area contributed by atoms with Gasteiger partial charge in [-0.05, 0) is 11.6 Å². The van der Waals surface area contributed by atoms with Gasteiger partial charge in [0.25, 0.3) is 0 Å². The molecule has 0 aliphatic rings. The number of nitrogens with one attached hydrogen (secondary N) is 1. The zero-order valence-electron chi connectivity index (χ0n) is 11.4. The molecule has 0 heterocycles. The van der Waals surface area contributed by atoms with E-state index in [0.29, 0.717) is 0 Å². The van der Waals surface area contributed by atoms with Crippen molar-refractivity contribution in [3.8, 4) is 0 Å². The molecular weight excluding hydrogens is 342 g/mol. The molecule has 7 nitrogen and oxygen atoms in total. The van der Waals surface area contributed by atoms with Crippen LogP contribution in [0.4, 0.5) is 4.79 Å². The number of hydrogen-bond acceptors (Lipinski definition) is 3. The van der Waals surface area contributed by atoms with Gasteiger partial charge in [-0.3, -0.25) is 4.79 Å². The van der Waals surface area contributed by atoms with E-state index in [9.17, 15) is 14.4 Å². The van der Waals surface area contributed by atoms with Crippen LogP contribution in [0.1, 0.15) is 12.0 Å². The van der Waals surface area contributed by atoms with E-state index in [4.69, 9.17) is 10.8 Å². The van der Waals surface area contributed by atoms with Crippen LogP contribution in [-0.4, -0.2) is 41.0 Å². The minimum Gasteiger partial charge on any atom is -0.480 e. The Morgan fingerprint density at radius 3 is 2.52 bits per heavy atom. The number of primary amides is 1. The number of nitrogens with zero attached hydrogens (tertiary/aromatic N) is 1. The highest BCUT2D eigenvalue weighted by Crippen LogP contribution is 2.17. The average Bonchev–Trinajstić information content (AvgIpc) is 2.39. The summed E-state index contributed by atoms with van der Waals surface area (Å²) in [6.45, 7) is 0.288. The Labute approximate surface area is 130 Å². The maximum Gasteiger partial charge on any atom is 0.326 e. The first-order valence-corrected chi connectivity index (χ1v) is 6.86. The minimum atomic E-state index is -1.34. The third kappa shape index (κ3) is 5.42. The van der Waals surface area contributed by atoms with Gasteiger partial charge in [0, 0.05) is 18.1 Å². The zero-order chi connectivity index (χ0) is 16.0. The lowest BCUT2D eigenvalue weighted by Crippen LogP contribution is -2.48. The number of halogens is 1. The van der Waals surface area contributed by atoms with Gasteiger partial charge in [-0.1, -0.05) is 34.1 Å². The summed E-state index contributed by atoms with van der Waals surface area (Å²) in [5.41, 5.74) is 5.83. The van der Waals surface area contributed by atoms with Gasteiger partial charge in [-0.2, -0.15) is 0 Å². The highest BCUT2D eigenvalue weighted by molar-refractivity contribution is 9.10.